The Hall–Kier alpha value is -3.45. The van der Waals surface area contributed by atoms with Gasteiger partial charge in [0.15, 0.2) is 5.82 Å². The van der Waals surface area contributed by atoms with Gasteiger partial charge in [-0.3, -0.25) is 4.79 Å². The molecule has 0 spiro atoms. The van der Waals surface area contributed by atoms with Crippen LogP contribution in [0.3, 0.4) is 0 Å². The van der Waals surface area contributed by atoms with Crippen LogP contribution in [0.2, 0.25) is 0 Å². The third kappa shape index (κ3) is 6.70. The summed E-state index contributed by atoms with van der Waals surface area (Å²) < 4.78 is 41.1. The van der Waals surface area contributed by atoms with Crippen molar-refractivity contribution in [3.63, 3.8) is 0 Å². The van der Waals surface area contributed by atoms with Crippen molar-refractivity contribution in [3.05, 3.63) is 48.2 Å². The second-order valence-electron chi connectivity index (χ2n) is 9.04. The number of methoxy groups -OCH3 is 2. The average molecular weight is 530 g/mol. The molecule has 1 aliphatic rings. The average Bonchev–Trinajstić information content (AvgIpc) is 3.38. The van der Waals surface area contributed by atoms with Crippen molar-refractivity contribution >= 4 is 5.91 Å². The van der Waals surface area contributed by atoms with E-state index in [1.807, 2.05) is 0 Å². The van der Waals surface area contributed by atoms with Gasteiger partial charge in [0.1, 0.15) is 12.4 Å². The van der Waals surface area contributed by atoms with Crippen LogP contribution in [-0.2, 0) is 23.7 Å². The number of benzene rings is 1. The van der Waals surface area contributed by atoms with Crippen LogP contribution >= 0.6 is 0 Å². The van der Waals surface area contributed by atoms with E-state index in [-0.39, 0.29) is 30.9 Å². The van der Waals surface area contributed by atoms with Crippen LogP contribution in [-0.4, -0.2) is 79.6 Å². The minimum Gasteiger partial charge on any atom is -0.461 e. The van der Waals surface area contributed by atoms with Crippen LogP contribution in [0.5, 0.6) is 6.01 Å². The molecule has 3 aromatic rings. The maximum Gasteiger partial charge on any atom is 0.317 e. The Morgan fingerprint density at radius 2 is 1.84 bits per heavy atom. The minimum atomic E-state index is -0.847. The third-order valence-electron chi connectivity index (χ3n) is 5.94. The van der Waals surface area contributed by atoms with Gasteiger partial charge >= 0.3 is 6.01 Å². The first-order valence-electron chi connectivity index (χ1n) is 12.2. The van der Waals surface area contributed by atoms with Gasteiger partial charge in [0.05, 0.1) is 42.3 Å². The standard InChI is InChI=1S/C26H32FN5O6/c1-26(24(33)28-10-4-12-34-2)15-37-23(38-16-26)22-31-20(17-5-7-18(27)8-6-17)21(32-22)19-9-11-29-25(30-19)36-14-13-35-3/h5-9,11,23H,4,10,12-16H2,1-3H3,(H,28,33)(H,31,32). The molecule has 0 aliphatic carbocycles. The summed E-state index contributed by atoms with van der Waals surface area (Å²) in [7, 11) is 3.20. The number of H-pyrrole nitrogens is 1. The SMILES string of the molecule is COCCCNC(=O)C1(C)COC(c2nc(-c3ccc(F)cc3)c(-c3ccnc(OCCOC)n3)[nH]2)OC1. The molecule has 2 N–H and O–H groups in total. The number of carbonyl (C=O) groups is 1. The molecule has 1 amide bonds. The van der Waals surface area contributed by atoms with E-state index < -0.39 is 11.7 Å². The van der Waals surface area contributed by atoms with Crippen molar-refractivity contribution < 1.29 is 32.9 Å². The number of hydrogen-bond donors (Lipinski definition) is 2. The quantitative estimate of drug-likeness (QED) is 0.340. The first-order valence-corrected chi connectivity index (χ1v) is 12.2. The summed E-state index contributed by atoms with van der Waals surface area (Å²) in [6.07, 6.45) is 1.45. The van der Waals surface area contributed by atoms with E-state index in [2.05, 4.69) is 20.3 Å². The highest BCUT2D eigenvalue weighted by Gasteiger charge is 2.40. The number of nitrogens with one attached hydrogen (secondary N) is 2. The van der Waals surface area contributed by atoms with Crippen molar-refractivity contribution in [2.75, 3.05) is 53.8 Å². The van der Waals surface area contributed by atoms with Gasteiger partial charge in [-0.2, -0.15) is 4.98 Å². The van der Waals surface area contributed by atoms with Crippen LogP contribution in [0.15, 0.2) is 36.5 Å². The number of carbonyl (C=O) groups excluding carboxylic acids is 1. The highest BCUT2D eigenvalue weighted by atomic mass is 19.1. The first kappa shape index (κ1) is 27.6. The highest BCUT2D eigenvalue weighted by Crippen LogP contribution is 2.35. The summed E-state index contributed by atoms with van der Waals surface area (Å²) in [5.41, 5.74) is 1.42. The third-order valence-corrected chi connectivity index (χ3v) is 5.94. The minimum absolute atomic E-state index is 0.140. The van der Waals surface area contributed by atoms with Crippen molar-refractivity contribution in [1.29, 1.82) is 0 Å². The lowest BCUT2D eigenvalue weighted by Crippen LogP contribution is -2.48. The predicted octanol–water partition coefficient (Wildman–Crippen LogP) is 2.90. The Bertz CT molecular complexity index is 1200. The van der Waals surface area contributed by atoms with Gasteiger partial charge in [-0.1, -0.05) is 0 Å². The molecule has 0 radical (unpaired) electrons. The first-order chi connectivity index (χ1) is 18.4. The number of hydrogen-bond acceptors (Lipinski definition) is 9. The highest BCUT2D eigenvalue weighted by molar-refractivity contribution is 5.82. The zero-order valence-electron chi connectivity index (χ0n) is 21.7. The van der Waals surface area contributed by atoms with Gasteiger partial charge in [-0.15, -0.1) is 0 Å². The van der Waals surface area contributed by atoms with Crippen LogP contribution in [0, 0.1) is 11.2 Å². The molecule has 3 heterocycles. The zero-order valence-corrected chi connectivity index (χ0v) is 21.7. The normalized spacial score (nSPS) is 19.3. The molecule has 4 rings (SSSR count). The summed E-state index contributed by atoms with van der Waals surface area (Å²) in [4.78, 5) is 29.3. The lowest BCUT2D eigenvalue weighted by molar-refractivity contribution is -0.231. The Morgan fingerprint density at radius 1 is 1.11 bits per heavy atom. The summed E-state index contributed by atoms with van der Waals surface area (Å²) in [6.45, 7) is 3.82. The number of aromatic nitrogens is 4. The molecular weight excluding hydrogens is 497 g/mol. The second-order valence-corrected chi connectivity index (χ2v) is 9.04. The Balaban J connectivity index is 1.55. The van der Waals surface area contributed by atoms with Crippen molar-refractivity contribution in [2.24, 2.45) is 5.41 Å². The number of ether oxygens (including phenoxy) is 5. The largest absolute Gasteiger partial charge is 0.461 e. The van der Waals surface area contributed by atoms with Gasteiger partial charge in [0, 0.05) is 39.1 Å². The van der Waals surface area contributed by atoms with Crippen LogP contribution in [0.4, 0.5) is 4.39 Å². The van der Waals surface area contributed by atoms with Crippen LogP contribution < -0.4 is 10.1 Å². The number of rotatable bonds is 12. The van der Waals surface area contributed by atoms with Crippen molar-refractivity contribution in [3.8, 4) is 28.7 Å². The molecule has 0 bridgehead atoms. The predicted molar refractivity (Wildman–Crippen MR) is 135 cm³/mol. The van der Waals surface area contributed by atoms with Gasteiger partial charge < -0.3 is 34.0 Å². The molecule has 1 aromatic carbocycles. The molecule has 2 aromatic heterocycles. The number of halogens is 1. The van der Waals surface area contributed by atoms with Gasteiger partial charge in [0.25, 0.3) is 0 Å². The van der Waals surface area contributed by atoms with E-state index in [9.17, 15) is 9.18 Å². The summed E-state index contributed by atoms with van der Waals surface area (Å²) >= 11 is 0. The van der Waals surface area contributed by atoms with Crippen molar-refractivity contribution in [1.82, 2.24) is 25.3 Å². The number of imidazole rings is 1. The summed E-state index contributed by atoms with van der Waals surface area (Å²) in [5.74, 6) is -0.121. The molecule has 38 heavy (non-hydrogen) atoms. The number of nitrogens with zero attached hydrogens (tertiary/aromatic N) is 3. The molecule has 0 atom stereocenters. The van der Waals surface area contributed by atoms with E-state index in [0.29, 0.717) is 61.3 Å². The van der Waals surface area contributed by atoms with Gasteiger partial charge in [-0.05, 0) is 43.7 Å². The van der Waals surface area contributed by atoms with Gasteiger partial charge in [-0.25, -0.2) is 14.4 Å². The van der Waals surface area contributed by atoms with E-state index in [4.69, 9.17) is 28.7 Å². The van der Waals surface area contributed by atoms with Gasteiger partial charge in [0.2, 0.25) is 12.2 Å². The topological polar surface area (TPSA) is 130 Å². The smallest absolute Gasteiger partial charge is 0.317 e. The molecule has 0 unspecified atom stereocenters. The monoisotopic (exact) mass is 529 g/mol. The van der Waals surface area contributed by atoms with Crippen molar-refractivity contribution in [2.45, 2.75) is 19.6 Å². The maximum atomic E-state index is 13.6. The molecule has 12 heteroatoms. The van der Waals surface area contributed by atoms with E-state index in [1.165, 1.54) is 12.1 Å². The zero-order chi connectivity index (χ0) is 27.0. The van der Waals surface area contributed by atoms with Crippen LogP contribution in [0.25, 0.3) is 22.6 Å². The molecule has 1 saturated heterocycles. The molecule has 1 aliphatic heterocycles. The van der Waals surface area contributed by atoms with E-state index >= 15 is 0 Å². The van der Waals surface area contributed by atoms with E-state index in [0.717, 1.165) is 0 Å². The number of aromatic amines is 1. The molecular formula is C26H32FN5O6. The summed E-state index contributed by atoms with van der Waals surface area (Å²) in [5, 5.41) is 2.90. The Labute approximate surface area is 220 Å². The fourth-order valence-electron chi connectivity index (χ4n) is 3.80. The lowest BCUT2D eigenvalue weighted by atomic mass is 9.91. The Kier molecular flexibility index (Phi) is 9.34. The van der Waals surface area contributed by atoms with Crippen LogP contribution in [0.1, 0.15) is 25.5 Å². The molecule has 1 fully saturated rings. The molecule has 0 saturated carbocycles. The molecule has 11 nitrogen and oxygen atoms in total. The maximum absolute atomic E-state index is 13.6. The lowest BCUT2D eigenvalue weighted by Gasteiger charge is -2.35. The fraction of sp³-hybridized carbons (Fsp3) is 0.462. The summed E-state index contributed by atoms with van der Waals surface area (Å²) in [6, 6.07) is 7.86. The number of amides is 1. The fourth-order valence-corrected chi connectivity index (χ4v) is 3.80. The molecule has 204 valence electrons. The second kappa shape index (κ2) is 12.9. The Morgan fingerprint density at radius 3 is 2.55 bits per heavy atom. The van der Waals surface area contributed by atoms with E-state index in [1.54, 1.807) is 45.5 Å².